The largest absolute Gasteiger partial charge is 0.304 e. The maximum absolute atomic E-state index is 4.06. The lowest BCUT2D eigenvalue weighted by molar-refractivity contribution is 0.446. The van der Waals surface area contributed by atoms with Gasteiger partial charge in [-0.15, -0.1) is 12.4 Å². The van der Waals surface area contributed by atoms with E-state index in [1.165, 1.54) is 5.71 Å². The van der Waals surface area contributed by atoms with Crippen LogP contribution in [-0.4, -0.2) is 11.3 Å². The fraction of sp³-hybridized carbons (Fsp3) is 0.833. The molecule has 0 amide bonds. The first-order chi connectivity index (χ1) is 3.60. The molecule has 0 aromatic rings. The van der Waals surface area contributed by atoms with Crippen LogP contribution in [0.3, 0.4) is 0 Å². The second-order valence-corrected chi connectivity index (χ2v) is 3.02. The molecular formula is C6H13ClN2. The lowest BCUT2D eigenvalue weighted by Gasteiger charge is -2.15. The van der Waals surface area contributed by atoms with Crippen molar-refractivity contribution in [1.29, 1.82) is 0 Å². The SMILES string of the molecule is CC1=NNC(C)(C)C1.Cl. The highest BCUT2D eigenvalue weighted by Gasteiger charge is 2.22. The summed E-state index contributed by atoms with van der Waals surface area (Å²) in [5.74, 6) is 0. The van der Waals surface area contributed by atoms with Crippen LogP contribution < -0.4 is 5.43 Å². The van der Waals surface area contributed by atoms with Crippen molar-refractivity contribution in [1.82, 2.24) is 5.43 Å². The zero-order valence-corrected chi connectivity index (χ0v) is 6.88. The van der Waals surface area contributed by atoms with Gasteiger partial charge in [0.05, 0.1) is 5.54 Å². The van der Waals surface area contributed by atoms with Gasteiger partial charge in [-0.1, -0.05) is 0 Å². The van der Waals surface area contributed by atoms with Crippen molar-refractivity contribution < 1.29 is 0 Å². The summed E-state index contributed by atoms with van der Waals surface area (Å²) in [7, 11) is 0. The summed E-state index contributed by atoms with van der Waals surface area (Å²) < 4.78 is 0. The van der Waals surface area contributed by atoms with Crippen LogP contribution >= 0.6 is 12.4 Å². The van der Waals surface area contributed by atoms with Crippen molar-refractivity contribution in [3.63, 3.8) is 0 Å². The zero-order chi connectivity index (χ0) is 6.20. The predicted octanol–water partition coefficient (Wildman–Crippen LogP) is 1.56. The molecule has 0 aromatic heterocycles. The van der Waals surface area contributed by atoms with E-state index in [1.54, 1.807) is 0 Å². The first-order valence-corrected chi connectivity index (χ1v) is 2.90. The molecule has 0 aromatic carbocycles. The van der Waals surface area contributed by atoms with Crippen molar-refractivity contribution in [2.24, 2.45) is 5.10 Å². The van der Waals surface area contributed by atoms with Gasteiger partial charge >= 0.3 is 0 Å². The van der Waals surface area contributed by atoms with E-state index in [2.05, 4.69) is 24.4 Å². The molecule has 0 saturated heterocycles. The Balaban J connectivity index is 0.000000640. The number of nitrogens with one attached hydrogen (secondary N) is 1. The summed E-state index contributed by atoms with van der Waals surface area (Å²) >= 11 is 0. The standard InChI is InChI=1S/C6H12N2.ClH/c1-5-4-6(2,3)8-7-5;/h8H,4H2,1-3H3;1H. The van der Waals surface area contributed by atoms with E-state index in [1.807, 2.05) is 6.92 Å². The van der Waals surface area contributed by atoms with E-state index in [0.29, 0.717) is 0 Å². The molecule has 9 heavy (non-hydrogen) atoms. The Morgan fingerprint density at radius 1 is 1.56 bits per heavy atom. The van der Waals surface area contributed by atoms with Crippen LogP contribution in [0.25, 0.3) is 0 Å². The Kier molecular flexibility index (Phi) is 2.50. The quantitative estimate of drug-likeness (QED) is 0.554. The van der Waals surface area contributed by atoms with Crippen molar-refractivity contribution in [3.05, 3.63) is 0 Å². The molecule has 0 aliphatic carbocycles. The van der Waals surface area contributed by atoms with Crippen molar-refractivity contribution in [3.8, 4) is 0 Å². The summed E-state index contributed by atoms with van der Waals surface area (Å²) in [6.07, 6.45) is 1.08. The Bertz CT molecular complexity index is 129. The molecule has 0 bridgehead atoms. The second kappa shape index (κ2) is 2.56. The lowest BCUT2D eigenvalue weighted by Crippen LogP contribution is -2.30. The van der Waals surface area contributed by atoms with Gasteiger partial charge in [-0.05, 0) is 20.8 Å². The summed E-state index contributed by atoms with van der Waals surface area (Å²) in [6.45, 7) is 6.34. The molecule has 1 aliphatic heterocycles. The highest BCUT2D eigenvalue weighted by atomic mass is 35.5. The molecule has 1 heterocycles. The van der Waals surface area contributed by atoms with Gasteiger partial charge in [0.1, 0.15) is 0 Å². The van der Waals surface area contributed by atoms with Crippen LogP contribution in [0.15, 0.2) is 5.10 Å². The molecule has 0 fully saturated rings. The Morgan fingerprint density at radius 2 is 2.11 bits per heavy atom. The molecule has 0 spiro atoms. The van der Waals surface area contributed by atoms with Crippen molar-refractivity contribution >= 4 is 18.1 Å². The van der Waals surface area contributed by atoms with E-state index in [9.17, 15) is 0 Å². The fourth-order valence-corrected chi connectivity index (χ4v) is 0.965. The Morgan fingerprint density at radius 3 is 2.22 bits per heavy atom. The summed E-state index contributed by atoms with van der Waals surface area (Å²) in [5.41, 5.74) is 4.45. The molecular weight excluding hydrogens is 136 g/mol. The van der Waals surface area contributed by atoms with Crippen molar-refractivity contribution in [2.45, 2.75) is 32.7 Å². The number of halogens is 1. The number of hydrazone groups is 1. The van der Waals surface area contributed by atoms with Crippen LogP contribution in [0.2, 0.25) is 0 Å². The summed E-state index contributed by atoms with van der Waals surface area (Å²) in [4.78, 5) is 0. The van der Waals surface area contributed by atoms with Crippen LogP contribution in [0, 0.1) is 0 Å². The number of hydrogen-bond donors (Lipinski definition) is 1. The highest BCUT2D eigenvalue weighted by Crippen LogP contribution is 2.14. The highest BCUT2D eigenvalue weighted by molar-refractivity contribution is 5.85. The maximum Gasteiger partial charge on any atom is 0.0545 e. The summed E-state index contributed by atoms with van der Waals surface area (Å²) in [5, 5.41) is 4.06. The minimum Gasteiger partial charge on any atom is -0.304 e. The molecule has 0 unspecified atom stereocenters. The predicted molar refractivity (Wildman–Crippen MR) is 42.2 cm³/mol. The van der Waals surface area contributed by atoms with E-state index >= 15 is 0 Å². The minimum atomic E-state index is 0. The average Bonchev–Trinajstić information content (AvgIpc) is 1.82. The van der Waals surface area contributed by atoms with Gasteiger partial charge in [0, 0.05) is 12.1 Å². The number of hydrogen-bond acceptors (Lipinski definition) is 2. The third-order valence-corrected chi connectivity index (χ3v) is 1.25. The van der Waals surface area contributed by atoms with Gasteiger partial charge < -0.3 is 5.43 Å². The van der Waals surface area contributed by atoms with Crippen molar-refractivity contribution in [2.75, 3.05) is 0 Å². The van der Waals surface area contributed by atoms with E-state index in [0.717, 1.165) is 6.42 Å². The van der Waals surface area contributed by atoms with Crippen LogP contribution in [0.4, 0.5) is 0 Å². The molecule has 0 radical (unpaired) electrons. The van der Waals surface area contributed by atoms with Crippen LogP contribution in [0.5, 0.6) is 0 Å². The van der Waals surface area contributed by atoms with E-state index in [4.69, 9.17) is 0 Å². The molecule has 54 valence electrons. The maximum atomic E-state index is 4.06. The molecule has 3 heteroatoms. The first-order valence-electron chi connectivity index (χ1n) is 2.90. The van der Waals surface area contributed by atoms with Crippen LogP contribution in [0.1, 0.15) is 27.2 Å². The van der Waals surface area contributed by atoms with Gasteiger partial charge in [-0.3, -0.25) is 0 Å². The van der Waals surface area contributed by atoms with E-state index in [-0.39, 0.29) is 17.9 Å². The average molecular weight is 149 g/mol. The number of rotatable bonds is 0. The molecule has 2 nitrogen and oxygen atoms in total. The van der Waals surface area contributed by atoms with E-state index < -0.39 is 0 Å². The molecule has 0 saturated carbocycles. The molecule has 1 rings (SSSR count). The molecule has 1 aliphatic rings. The van der Waals surface area contributed by atoms with Gasteiger partial charge in [0.2, 0.25) is 0 Å². The molecule has 1 N–H and O–H groups in total. The first kappa shape index (κ1) is 8.76. The molecule has 0 atom stereocenters. The normalized spacial score (nSPS) is 21.9. The minimum absolute atomic E-state index is 0. The zero-order valence-electron chi connectivity index (χ0n) is 6.06. The van der Waals surface area contributed by atoms with Gasteiger partial charge in [-0.25, -0.2) is 0 Å². The monoisotopic (exact) mass is 148 g/mol. The smallest absolute Gasteiger partial charge is 0.0545 e. The third kappa shape index (κ3) is 2.22. The lowest BCUT2D eigenvalue weighted by atomic mass is 10.0. The summed E-state index contributed by atoms with van der Waals surface area (Å²) in [6, 6.07) is 0. The van der Waals surface area contributed by atoms with Gasteiger partial charge in [-0.2, -0.15) is 5.10 Å². The third-order valence-electron chi connectivity index (χ3n) is 1.25. The van der Waals surface area contributed by atoms with Crippen LogP contribution in [-0.2, 0) is 0 Å². The van der Waals surface area contributed by atoms with Gasteiger partial charge in [0.15, 0.2) is 0 Å². The Labute approximate surface area is 62.1 Å². The fourth-order valence-electron chi connectivity index (χ4n) is 0.965. The topological polar surface area (TPSA) is 24.4 Å². The number of nitrogens with zero attached hydrogens (tertiary/aromatic N) is 1. The van der Waals surface area contributed by atoms with Gasteiger partial charge in [0.25, 0.3) is 0 Å². The Hall–Kier alpha value is -0.240. The second-order valence-electron chi connectivity index (χ2n) is 3.02.